The summed E-state index contributed by atoms with van der Waals surface area (Å²) in [5.41, 5.74) is 0. The van der Waals surface area contributed by atoms with Crippen molar-refractivity contribution in [2.24, 2.45) is 0 Å². The molecule has 1 rings (SSSR count). The molecule has 0 spiro atoms. The number of carboxylic acid groups (broad SMARTS) is 1. The maximum Gasteiger partial charge on any atom is 0.347 e. The van der Waals surface area contributed by atoms with Crippen LogP contribution in [0.15, 0.2) is 9.37 Å². The van der Waals surface area contributed by atoms with Gasteiger partial charge in [0, 0.05) is 14.2 Å². The molecule has 0 aliphatic carbocycles. The summed E-state index contributed by atoms with van der Waals surface area (Å²) in [6.07, 6.45) is 0. The van der Waals surface area contributed by atoms with Crippen molar-refractivity contribution in [3.8, 4) is 0 Å². The first-order chi connectivity index (χ1) is 5.04. The zero-order chi connectivity index (χ0) is 8.59. The first-order valence-corrected chi connectivity index (χ1v) is 4.81. The van der Waals surface area contributed by atoms with Crippen LogP contribution in [-0.2, 0) is 0 Å². The molecule has 0 unspecified atom stereocenters. The summed E-state index contributed by atoms with van der Waals surface area (Å²) in [5.74, 6) is -0.922. The lowest BCUT2D eigenvalue weighted by molar-refractivity contribution is 0.0699. The zero-order valence-electron chi connectivity index (χ0n) is 5.59. The van der Waals surface area contributed by atoms with E-state index in [0.29, 0.717) is 4.90 Å². The van der Waals surface area contributed by atoms with Crippen molar-refractivity contribution in [3.63, 3.8) is 0 Å². The Morgan fingerprint density at radius 2 is 2.27 bits per heavy atom. The summed E-state index contributed by atoms with van der Waals surface area (Å²) in [5, 5.41) is 8.64. The third-order valence-electron chi connectivity index (χ3n) is 1.18. The molecule has 5 heteroatoms. The van der Waals surface area contributed by atoms with Gasteiger partial charge in [-0.05, 0) is 22.9 Å². The van der Waals surface area contributed by atoms with E-state index in [-0.39, 0.29) is 4.88 Å². The molecule has 0 fully saturated rings. The molecule has 11 heavy (non-hydrogen) atoms. The monoisotopic (exact) mass is 252 g/mol. The van der Waals surface area contributed by atoms with Gasteiger partial charge >= 0.3 is 5.97 Å². The molecule has 0 bridgehead atoms. The summed E-state index contributed by atoms with van der Waals surface area (Å²) < 4.78 is 0.781. The van der Waals surface area contributed by atoms with E-state index < -0.39 is 5.97 Å². The fourth-order valence-electron chi connectivity index (χ4n) is 0.658. The number of rotatable bonds is 1. The molecule has 0 aromatic carbocycles. The zero-order valence-corrected chi connectivity index (χ0v) is 8.89. The highest BCUT2D eigenvalue weighted by Gasteiger charge is 2.15. The Labute approximate surface area is 81.8 Å². The van der Waals surface area contributed by atoms with Crippen LogP contribution in [-0.4, -0.2) is 11.1 Å². The minimum absolute atomic E-state index is 0.290. The van der Waals surface area contributed by atoms with Gasteiger partial charge in [-0.3, -0.25) is 0 Å². The second kappa shape index (κ2) is 3.16. The van der Waals surface area contributed by atoms with Gasteiger partial charge in [-0.1, -0.05) is 0 Å². The molecule has 0 amide bonds. The van der Waals surface area contributed by atoms with Gasteiger partial charge in [-0.2, -0.15) is 0 Å². The Kier molecular flexibility index (Phi) is 2.61. The van der Waals surface area contributed by atoms with Crippen molar-refractivity contribution in [2.45, 2.75) is 11.8 Å². The number of hydrogen-bond acceptors (Lipinski definition) is 3. The minimum atomic E-state index is -0.922. The first-order valence-electron chi connectivity index (χ1n) is 2.75. The lowest BCUT2D eigenvalue weighted by atomic mass is 10.4. The van der Waals surface area contributed by atoms with Crippen molar-refractivity contribution in [2.75, 3.05) is 0 Å². The number of thiol groups is 1. The smallest absolute Gasteiger partial charge is 0.347 e. The highest BCUT2D eigenvalue weighted by Crippen LogP contribution is 2.34. The number of halogens is 1. The molecule has 2 nitrogen and oxygen atoms in total. The Hall–Kier alpha value is -0.000000000000000111. The second-order valence-electron chi connectivity index (χ2n) is 1.96. The summed E-state index contributed by atoms with van der Waals surface area (Å²) in [4.78, 5) is 12.3. The molecule has 0 aliphatic rings. The van der Waals surface area contributed by atoms with E-state index >= 15 is 0 Å². The Balaban J connectivity index is 3.29. The molecule has 0 saturated carbocycles. The standard InChI is InChI=1S/C6H5BrO2S2/c1-2-3(7)4(10)5(11-2)6(8)9/h10H,1H3,(H,8,9). The molecule has 0 saturated heterocycles. The van der Waals surface area contributed by atoms with Gasteiger partial charge in [-0.25, -0.2) is 4.79 Å². The molecule has 1 aromatic rings. The fourth-order valence-corrected chi connectivity index (χ4v) is 2.49. The van der Waals surface area contributed by atoms with E-state index in [4.69, 9.17) is 5.11 Å². The SMILES string of the molecule is Cc1sc(C(=O)O)c(S)c1Br. The summed E-state index contributed by atoms with van der Waals surface area (Å²) in [7, 11) is 0. The van der Waals surface area contributed by atoms with Crippen LogP contribution >= 0.6 is 39.9 Å². The molecule has 0 aliphatic heterocycles. The number of hydrogen-bond donors (Lipinski definition) is 2. The van der Waals surface area contributed by atoms with Crippen molar-refractivity contribution >= 4 is 45.9 Å². The largest absolute Gasteiger partial charge is 0.477 e. The summed E-state index contributed by atoms with van der Waals surface area (Å²) in [6.45, 7) is 1.85. The Morgan fingerprint density at radius 1 is 1.73 bits per heavy atom. The maximum atomic E-state index is 10.5. The van der Waals surface area contributed by atoms with E-state index in [2.05, 4.69) is 28.6 Å². The highest BCUT2D eigenvalue weighted by atomic mass is 79.9. The van der Waals surface area contributed by atoms with Gasteiger partial charge in [0.1, 0.15) is 4.88 Å². The topological polar surface area (TPSA) is 37.3 Å². The fraction of sp³-hybridized carbons (Fsp3) is 0.167. The van der Waals surface area contributed by atoms with Crippen molar-refractivity contribution in [3.05, 3.63) is 14.2 Å². The van der Waals surface area contributed by atoms with Crippen LogP contribution in [0.3, 0.4) is 0 Å². The van der Waals surface area contributed by atoms with Crippen LogP contribution in [0, 0.1) is 6.92 Å². The van der Waals surface area contributed by atoms with Crippen LogP contribution in [0.25, 0.3) is 0 Å². The van der Waals surface area contributed by atoms with Gasteiger partial charge in [0.05, 0.1) is 0 Å². The molecule has 1 aromatic heterocycles. The van der Waals surface area contributed by atoms with Crippen molar-refractivity contribution in [1.82, 2.24) is 0 Å². The van der Waals surface area contributed by atoms with E-state index in [9.17, 15) is 4.79 Å². The lowest BCUT2D eigenvalue weighted by Crippen LogP contribution is -1.91. The average Bonchev–Trinajstić information content (AvgIpc) is 2.17. The highest BCUT2D eigenvalue weighted by molar-refractivity contribution is 9.10. The summed E-state index contributed by atoms with van der Waals surface area (Å²) in [6, 6.07) is 0. The van der Waals surface area contributed by atoms with Crippen LogP contribution in [0.1, 0.15) is 14.5 Å². The Morgan fingerprint density at radius 3 is 2.45 bits per heavy atom. The average molecular weight is 253 g/mol. The second-order valence-corrected chi connectivity index (χ2v) is 4.42. The molecule has 1 N–H and O–H groups in total. The number of thiophene rings is 1. The van der Waals surface area contributed by atoms with Crippen LogP contribution < -0.4 is 0 Å². The van der Waals surface area contributed by atoms with Gasteiger partial charge in [0.2, 0.25) is 0 Å². The van der Waals surface area contributed by atoms with Crippen molar-refractivity contribution in [1.29, 1.82) is 0 Å². The van der Waals surface area contributed by atoms with E-state index in [1.807, 2.05) is 6.92 Å². The number of carbonyl (C=O) groups is 1. The van der Waals surface area contributed by atoms with Crippen LogP contribution in [0.5, 0.6) is 0 Å². The predicted octanol–water partition coefficient (Wildman–Crippen LogP) is 2.81. The summed E-state index contributed by atoms with van der Waals surface area (Å²) >= 11 is 8.52. The predicted molar refractivity (Wildman–Crippen MR) is 51.0 cm³/mol. The molecule has 0 atom stereocenters. The first kappa shape index (κ1) is 9.09. The third kappa shape index (κ3) is 1.60. The number of aromatic carboxylic acids is 1. The van der Waals surface area contributed by atoms with E-state index in [1.54, 1.807) is 0 Å². The van der Waals surface area contributed by atoms with E-state index in [0.717, 1.165) is 9.35 Å². The van der Waals surface area contributed by atoms with Gasteiger partial charge in [0.25, 0.3) is 0 Å². The van der Waals surface area contributed by atoms with Crippen molar-refractivity contribution < 1.29 is 9.90 Å². The minimum Gasteiger partial charge on any atom is -0.477 e. The van der Waals surface area contributed by atoms with Gasteiger partial charge < -0.3 is 5.11 Å². The normalized spacial score (nSPS) is 10.1. The van der Waals surface area contributed by atoms with Crippen LogP contribution in [0.2, 0.25) is 0 Å². The molecule has 60 valence electrons. The van der Waals surface area contributed by atoms with Gasteiger partial charge in [-0.15, -0.1) is 24.0 Å². The van der Waals surface area contributed by atoms with Crippen LogP contribution in [0.4, 0.5) is 0 Å². The Bertz CT molecular complexity index is 306. The van der Waals surface area contributed by atoms with E-state index in [1.165, 1.54) is 11.3 Å². The quantitative estimate of drug-likeness (QED) is 0.755. The molecule has 0 radical (unpaired) electrons. The third-order valence-corrected chi connectivity index (χ3v) is 4.43. The number of carboxylic acids is 1. The molecule has 1 heterocycles. The molecular weight excluding hydrogens is 248 g/mol. The maximum absolute atomic E-state index is 10.5. The number of aryl methyl sites for hydroxylation is 1. The van der Waals surface area contributed by atoms with Gasteiger partial charge in [0.15, 0.2) is 0 Å². The molecular formula is C6H5BrO2S2. The lowest BCUT2D eigenvalue weighted by Gasteiger charge is -1.88.